The van der Waals surface area contributed by atoms with Gasteiger partial charge < -0.3 is 14.4 Å². The molecular formula is C23H24F6N2O2. The molecule has 3 atom stereocenters. The minimum atomic E-state index is -4.49. The third-order valence-corrected chi connectivity index (χ3v) is 6.15. The van der Waals surface area contributed by atoms with Gasteiger partial charge in [-0.2, -0.15) is 26.3 Å². The number of rotatable bonds is 6. The van der Waals surface area contributed by atoms with Crippen molar-refractivity contribution >= 4 is 5.69 Å². The summed E-state index contributed by atoms with van der Waals surface area (Å²) in [7, 11) is 0. The number of fused-ring (bicyclic) bond motifs is 2. The summed E-state index contributed by atoms with van der Waals surface area (Å²) < 4.78 is 89.5. The second-order valence-electron chi connectivity index (χ2n) is 8.49. The third kappa shape index (κ3) is 5.14. The minimum absolute atomic E-state index is 0.0699. The zero-order valence-electron chi connectivity index (χ0n) is 17.9. The summed E-state index contributed by atoms with van der Waals surface area (Å²) in [4.78, 5) is 5.54. The minimum Gasteiger partial charge on any atom is -0.490 e. The molecule has 0 spiro atoms. The Morgan fingerprint density at radius 3 is 2.18 bits per heavy atom. The van der Waals surface area contributed by atoms with Crippen LogP contribution in [0.1, 0.15) is 37.4 Å². The molecule has 1 aliphatic heterocycles. The molecule has 4 rings (SSSR count). The van der Waals surface area contributed by atoms with E-state index in [9.17, 15) is 26.3 Å². The van der Waals surface area contributed by atoms with Gasteiger partial charge in [0.1, 0.15) is 11.8 Å². The maximum atomic E-state index is 13.1. The first-order valence-corrected chi connectivity index (χ1v) is 10.8. The Balaban J connectivity index is 1.49. The third-order valence-electron chi connectivity index (χ3n) is 6.15. The number of halogens is 6. The molecule has 4 nitrogen and oxygen atoms in total. The van der Waals surface area contributed by atoms with Crippen LogP contribution in [0.2, 0.25) is 0 Å². The van der Waals surface area contributed by atoms with Crippen LogP contribution in [-0.2, 0) is 12.4 Å². The first-order valence-electron chi connectivity index (χ1n) is 10.8. The van der Waals surface area contributed by atoms with E-state index in [1.54, 1.807) is 0 Å². The molecule has 0 radical (unpaired) electrons. The van der Waals surface area contributed by atoms with Crippen molar-refractivity contribution in [1.82, 2.24) is 4.98 Å². The van der Waals surface area contributed by atoms with Crippen LogP contribution in [0.5, 0.6) is 11.5 Å². The molecule has 1 unspecified atom stereocenters. The number of aromatic nitrogens is 1. The fraction of sp³-hybridized carbons (Fsp3) is 0.522. The number of benzene rings is 1. The van der Waals surface area contributed by atoms with Crippen molar-refractivity contribution in [2.24, 2.45) is 11.8 Å². The van der Waals surface area contributed by atoms with Gasteiger partial charge in [-0.1, -0.05) is 6.92 Å². The molecule has 0 amide bonds. The zero-order chi connectivity index (χ0) is 23.8. The number of piperidine rings is 1. The van der Waals surface area contributed by atoms with E-state index in [0.717, 1.165) is 31.0 Å². The van der Waals surface area contributed by atoms with Crippen LogP contribution in [-0.4, -0.2) is 30.8 Å². The van der Waals surface area contributed by atoms with E-state index in [2.05, 4.69) is 4.98 Å². The van der Waals surface area contributed by atoms with Crippen LogP contribution < -0.4 is 14.4 Å². The molecule has 180 valence electrons. The van der Waals surface area contributed by atoms with Crippen LogP contribution in [0.25, 0.3) is 0 Å². The summed E-state index contributed by atoms with van der Waals surface area (Å²) in [6.45, 7) is 3.27. The quantitative estimate of drug-likeness (QED) is 0.467. The van der Waals surface area contributed by atoms with Crippen LogP contribution >= 0.6 is 0 Å². The summed E-state index contributed by atoms with van der Waals surface area (Å²) >= 11 is 0. The Labute approximate surface area is 187 Å². The SMILES string of the molecule is CCCOc1cc(C(F)(F)F)ccc1OC1[C@@H]2CC[C@H]1CN(c1ccc(C(F)(F)F)nc1)C2. The van der Waals surface area contributed by atoms with Crippen LogP contribution in [0.3, 0.4) is 0 Å². The van der Waals surface area contributed by atoms with Crippen molar-refractivity contribution in [2.75, 3.05) is 24.6 Å². The van der Waals surface area contributed by atoms with Crippen LogP contribution in [0.15, 0.2) is 36.5 Å². The number of hydrogen-bond donors (Lipinski definition) is 0. The lowest BCUT2D eigenvalue weighted by Gasteiger charge is -2.39. The molecule has 1 saturated carbocycles. The Bertz CT molecular complexity index is 947. The van der Waals surface area contributed by atoms with Gasteiger partial charge in [-0.05, 0) is 49.6 Å². The second-order valence-corrected chi connectivity index (χ2v) is 8.49. The van der Waals surface area contributed by atoms with E-state index >= 15 is 0 Å². The van der Waals surface area contributed by atoms with E-state index in [1.807, 2.05) is 11.8 Å². The van der Waals surface area contributed by atoms with Gasteiger partial charge in [-0.25, -0.2) is 4.98 Å². The highest BCUT2D eigenvalue weighted by Gasteiger charge is 2.44. The predicted molar refractivity (Wildman–Crippen MR) is 109 cm³/mol. The van der Waals surface area contributed by atoms with Crippen LogP contribution in [0.4, 0.5) is 32.0 Å². The standard InChI is InChI=1S/C23H24F6N2O2/c1-2-9-32-19-10-16(22(24,25)26)5-7-18(19)33-21-14-3-4-15(21)13-31(12-14)17-6-8-20(30-11-17)23(27,28)29/h5-8,10-11,14-15,21H,2-4,9,12-13H2,1H3/t14-,15+,21?. The summed E-state index contributed by atoms with van der Waals surface area (Å²) in [5, 5.41) is 0. The highest BCUT2D eigenvalue weighted by atomic mass is 19.4. The Morgan fingerprint density at radius 1 is 0.939 bits per heavy atom. The second kappa shape index (κ2) is 8.95. The van der Waals surface area contributed by atoms with Crippen molar-refractivity contribution in [3.63, 3.8) is 0 Å². The van der Waals surface area contributed by atoms with Gasteiger partial charge in [0.05, 0.1) is 24.1 Å². The molecule has 2 aromatic rings. The number of pyridine rings is 1. The number of alkyl halides is 6. The molecule has 10 heteroatoms. The lowest BCUT2D eigenvalue weighted by molar-refractivity contribution is -0.141. The largest absolute Gasteiger partial charge is 0.490 e. The van der Waals surface area contributed by atoms with Crippen molar-refractivity contribution in [1.29, 1.82) is 0 Å². The molecular weight excluding hydrogens is 450 g/mol. The highest BCUT2D eigenvalue weighted by molar-refractivity contribution is 5.47. The fourth-order valence-electron chi connectivity index (χ4n) is 4.57. The van der Waals surface area contributed by atoms with Gasteiger partial charge in [0.15, 0.2) is 11.5 Å². The number of nitrogens with zero attached hydrogens (tertiary/aromatic N) is 2. The van der Waals surface area contributed by atoms with Gasteiger partial charge in [0.25, 0.3) is 0 Å². The Kier molecular flexibility index (Phi) is 6.37. The summed E-state index contributed by atoms with van der Waals surface area (Å²) in [5.41, 5.74) is -1.12. The molecule has 33 heavy (non-hydrogen) atoms. The average Bonchev–Trinajstić information content (AvgIpc) is 2.98. The molecule has 1 aliphatic carbocycles. The Morgan fingerprint density at radius 2 is 1.64 bits per heavy atom. The molecule has 2 bridgehead atoms. The van der Waals surface area contributed by atoms with Gasteiger partial charge >= 0.3 is 12.4 Å². The lowest BCUT2D eigenvalue weighted by atomic mass is 9.94. The van der Waals surface area contributed by atoms with Crippen molar-refractivity contribution in [3.8, 4) is 11.5 Å². The molecule has 2 aliphatic rings. The van der Waals surface area contributed by atoms with E-state index < -0.39 is 23.6 Å². The molecule has 2 fully saturated rings. The molecule has 0 N–H and O–H groups in total. The van der Waals surface area contributed by atoms with Crippen molar-refractivity contribution < 1.29 is 35.8 Å². The monoisotopic (exact) mass is 474 g/mol. The number of anilines is 1. The first-order chi connectivity index (χ1) is 15.6. The maximum Gasteiger partial charge on any atom is 0.433 e. The summed E-state index contributed by atoms with van der Waals surface area (Å²) in [6.07, 6.45) is -5.57. The topological polar surface area (TPSA) is 34.6 Å². The zero-order valence-corrected chi connectivity index (χ0v) is 17.9. The highest BCUT2D eigenvalue weighted by Crippen LogP contribution is 2.44. The van der Waals surface area contributed by atoms with E-state index in [4.69, 9.17) is 9.47 Å². The van der Waals surface area contributed by atoms with Crippen molar-refractivity contribution in [3.05, 3.63) is 47.8 Å². The molecule has 1 aromatic carbocycles. The summed E-state index contributed by atoms with van der Waals surface area (Å²) in [6, 6.07) is 5.65. The van der Waals surface area contributed by atoms with Gasteiger partial charge in [-0.15, -0.1) is 0 Å². The molecule has 2 heterocycles. The van der Waals surface area contributed by atoms with Gasteiger partial charge in [0, 0.05) is 24.9 Å². The normalized spacial score (nSPS) is 23.0. The van der Waals surface area contributed by atoms with E-state index in [-0.39, 0.29) is 36.0 Å². The van der Waals surface area contributed by atoms with E-state index in [1.165, 1.54) is 18.3 Å². The Hall–Kier alpha value is -2.65. The van der Waals surface area contributed by atoms with Crippen LogP contribution in [0, 0.1) is 11.8 Å². The van der Waals surface area contributed by atoms with Gasteiger partial charge in [-0.3, -0.25) is 0 Å². The van der Waals surface area contributed by atoms with E-state index in [0.29, 0.717) is 25.2 Å². The maximum absolute atomic E-state index is 13.1. The molecule has 1 saturated heterocycles. The molecule has 1 aromatic heterocycles. The fourth-order valence-corrected chi connectivity index (χ4v) is 4.57. The first kappa shape index (κ1) is 23.5. The smallest absolute Gasteiger partial charge is 0.433 e. The predicted octanol–water partition coefficient (Wildman–Crippen LogP) is 6.20. The number of ether oxygens (including phenoxy) is 2. The lowest BCUT2D eigenvalue weighted by Crippen LogP contribution is -2.47. The summed E-state index contributed by atoms with van der Waals surface area (Å²) in [5.74, 6) is 0.531. The number of hydrogen-bond acceptors (Lipinski definition) is 4. The van der Waals surface area contributed by atoms with Gasteiger partial charge in [0.2, 0.25) is 0 Å². The average molecular weight is 474 g/mol. The van der Waals surface area contributed by atoms with Crippen molar-refractivity contribution in [2.45, 2.75) is 44.6 Å².